The SMILES string of the molecule is C=C(c1ccccc1)c1ccc(Sc2ccc(Sc3ccc(F)cc3)cc2)cc1.C=CC. The topological polar surface area (TPSA) is 0 Å². The summed E-state index contributed by atoms with van der Waals surface area (Å²) in [6.07, 6.45) is 1.75. The van der Waals surface area contributed by atoms with Crippen LogP contribution in [0, 0.1) is 5.82 Å². The fourth-order valence-electron chi connectivity index (χ4n) is 2.88. The highest BCUT2D eigenvalue weighted by atomic mass is 32.2. The van der Waals surface area contributed by atoms with E-state index < -0.39 is 0 Å². The lowest BCUT2D eigenvalue weighted by molar-refractivity contribution is 0.626. The van der Waals surface area contributed by atoms with Crippen LogP contribution >= 0.6 is 23.5 Å². The van der Waals surface area contributed by atoms with Gasteiger partial charge in [0.2, 0.25) is 0 Å². The summed E-state index contributed by atoms with van der Waals surface area (Å²) >= 11 is 3.36. The Labute approximate surface area is 198 Å². The summed E-state index contributed by atoms with van der Waals surface area (Å²) in [6.45, 7) is 9.48. The summed E-state index contributed by atoms with van der Waals surface area (Å²) in [7, 11) is 0. The summed E-state index contributed by atoms with van der Waals surface area (Å²) in [6, 6.07) is 33.8. The molecule has 4 aromatic carbocycles. The van der Waals surface area contributed by atoms with Crippen LogP contribution in [0.4, 0.5) is 4.39 Å². The number of hydrogen-bond acceptors (Lipinski definition) is 2. The van der Waals surface area contributed by atoms with Gasteiger partial charge in [-0.15, -0.1) is 6.58 Å². The Bertz CT molecular complexity index is 1130. The van der Waals surface area contributed by atoms with E-state index in [1.54, 1.807) is 41.7 Å². The zero-order valence-corrected chi connectivity index (χ0v) is 19.6. The van der Waals surface area contributed by atoms with Crippen LogP contribution in [0.25, 0.3) is 5.57 Å². The summed E-state index contributed by atoms with van der Waals surface area (Å²) in [5.41, 5.74) is 3.30. The largest absolute Gasteiger partial charge is 0.207 e. The molecule has 0 aliphatic carbocycles. The summed E-state index contributed by atoms with van der Waals surface area (Å²) in [4.78, 5) is 4.54. The first-order valence-corrected chi connectivity index (χ1v) is 11.9. The van der Waals surface area contributed by atoms with Crippen molar-refractivity contribution in [2.45, 2.75) is 26.5 Å². The van der Waals surface area contributed by atoms with Gasteiger partial charge in [-0.25, -0.2) is 4.39 Å². The highest BCUT2D eigenvalue weighted by Crippen LogP contribution is 2.33. The molecule has 0 N–H and O–H groups in total. The molecule has 0 aliphatic rings. The number of allylic oxidation sites excluding steroid dienone is 1. The quantitative estimate of drug-likeness (QED) is 0.265. The molecule has 32 heavy (non-hydrogen) atoms. The second kappa shape index (κ2) is 12.1. The maximum atomic E-state index is 13.0. The zero-order valence-electron chi connectivity index (χ0n) is 18.0. The minimum atomic E-state index is -0.209. The van der Waals surface area contributed by atoms with Gasteiger partial charge in [0.05, 0.1) is 0 Å². The van der Waals surface area contributed by atoms with Crippen LogP contribution in [0.2, 0.25) is 0 Å². The molecule has 0 saturated carbocycles. The molecule has 160 valence electrons. The van der Waals surface area contributed by atoms with E-state index in [2.05, 4.69) is 73.8 Å². The maximum absolute atomic E-state index is 13.0. The monoisotopic (exact) mass is 456 g/mol. The molecule has 3 heteroatoms. The lowest BCUT2D eigenvalue weighted by Crippen LogP contribution is -1.85. The first kappa shape index (κ1) is 23.6. The van der Waals surface area contributed by atoms with Crippen LogP contribution in [0.1, 0.15) is 18.1 Å². The van der Waals surface area contributed by atoms with E-state index in [4.69, 9.17) is 0 Å². The fraction of sp³-hybridized carbons (Fsp3) is 0.0345. The molecule has 0 spiro atoms. The second-order valence-electron chi connectivity index (χ2n) is 6.91. The van der Waals surface area contributed by atoms with Gasteiger partial charge in [-0.1, -0.05) is 78.6 Å². The Morgan fingerprint density at radius 2 is 0.969 bits per heavy atom. The minimum Gasteiger partial charge on any atom is -0.207 e. The first-order chi connectivity index (χ1) is 15.6. The van der Waals surface area contributed by atoms with E-state index in [9.17, 15) is 4.39 Å². The van der Waals surface area contributed by atoms with Gasteiger partial charge in [-0.3, -0.25) is 0 Å². The maximum Gasteiger partial charge on any atom is 0.123 e. The van der Waals surface area contributed by atoms with Crippen molar-refractivity contribution in [1.82, 2.24) is 0 Å². The van der Waals surface area contributed by atoms with Crippen molar-refractivity contribution in [3.05, 3.63) is 139 Å². The number of halogens is 1. The summed E-state index contributed by atoms with van der Waals surface area (Å²) < 4.78 is 13.0. The molecule has 0 fully saturated rings. The van der Waals surface area contributed by atoms with Crippen molar-refractivity contribution in [3.63, 3.8) is 0 Å². The van der Waals surface area contributed by atoms with Crippen molar-refractivity contribution in [2.75, 3.05) is 0 Å². The lowest BCUT2D eigenvalue weighted by Gasteiger charge is -2.08. The van der Waals surface area contributed by atoms with Gasteiger partial charge >= 0.3 is 0 Å². The van der Waals surface area contributed by atoms with E-state index >= 15 is 0 Å². The fourth-order valence-corrected chi connectivity index (χ4v) is 4.51. The Hall–Kier alpha value is -3.01. The molecule has 4 rings (SSSR count). The van der Waals surface area contributed by atoms with Crippen LogP contribution in [-0.2, 0) is 0 Å². The van der Waals surface area contributed by atoms with Crippen LogP contribution in [0.5, 0.6) is 0 Å². The third kappa shape index (κ3) is 7.01. The molecule has 0 radical (unpaired) electrons. The third-order valence-corrected chi connectivity index (χ3v) is 6.47. The van der Waals surface area contributed by atoms with Gasteiger partial charge in [0, 0.05) is 19.6 Å². The highest BCUT2D eigenvalue weighted by molar-refractivity contribution is 7.99. The third-order valence-electron chi connectivity index (χ3n) is 4.43. The van der Waals surface area contributed by atoms with Crippen molar-refractivity contribution in [3.8, 4) is 0 Å². The Balaban J connectivity index is 0.000000913. The summed E-state index contributed by atoms with van der Waals surface area (Å²) in [5.74, 6) is -0.209. The van der Waals surface area contributed by atoms with Crippen molar-refractivity contribution in [2.24, 2.45) is 0 Å². The molecule has 0 aliphatic heterocycles. The van der Waals surface area contributed by atoms with Crippen LogP contribution in [-0.4, -0.2) is 0 Å². The van der Waals surface area contributed by atoms with E-state index in [0.29, 0.717) is 0 Å². The number of rotatable bonds is 6. The normalized spacial score (nSPS) is 10.1. The molecule has 0 heterocycles. The van der Waals surface area contributed by atoms with Gasteiger partial charge in [0.15, 0.2) is 0 Å². The van der Waals surface area contributed by atoms with Crippen LogP contribution in [0.3, 0.4) is 0 Å². The highest BCUT2D eigenvalue weighted by Gasteiger charge is 2.04. The molecule has 0 atom stereocenters. The molecular formula is C29H25FS2. The van der Waals surface area contributed by atoms with Gasteiger partial charge in [0.1, 0.15) is 5.82 Å². The molecule has 0 amide bonds. The molecule has 4 aromatic rings. The zero-order chi connectivity index (χ0) is 22.8. The van der Waals surface area contributed by atoms with E-state index in [-0.39, 0.29) is 5.82 Å². The minimum absolute atomic E-state index is 0.209. The predicted octanol–water partition coefficient (Wildman–Crippen LogP) is 9.38. The molecule has 0 nitrogen and oxygen atoms in total. The average molecular weight is 457 g/mol. The van der Waals surface area contributed by atoms with E-state index in [0.717, 1.165) is 26.5 Å². The first-order valence-electron chi connectivity index (χ1n) is 10.2. The molecular weight excluding hydrogens is 431 g/mol. The number of hydrogen-bond donors (Lipinski definition) is 0. The average Bonchev–Trinajstić information content (AvgIpc) is 2.83. The predicted molar refractivity (Wildman–Crippen MR) is 138 cm³/mol. The van der Waals surface area contributed by atoms with Crippen LogP contribution in [0.15, 0.2) is 142 Å². The smallest absolute Gasteiger partial charge is 0.123 e. The molecule has 0 aromatic heterocycles. The lowest BCUT2D eigenvalue weighted by atomic mass is 10.00. The van der Waals surface area contributed by atoms with Crippen molar-refractivity contribution >= 4 is 29.1 Å². The van der Waals surface area contributed by atoms with E-state index in [1.165, 1.54) is 21.9 Å². The van der Waals surface area contributed by atoms with Gasteiger partial charge < -0.3 is 0 Å². The van der Waals surface area contributed by atoms with Crippen LogP contribution < -0.4 is 0 Å². The molecule has 0 unspecified atom stereocenters. The second-order valence-corrected chi connectivity index (χ2v) is 9.20. The van der Waals surface area contributed by atoms with Gasteiger partial charge in [0.25, 0.3) is 0 Å². The van der Waals surface area contributed by atoms with Gasteiger partial charge in [-0.05, 0) is 84.3 Å². The molecule has 0 saturated heterocycles. The Morgan fingerprint density at radius 1 is 0.625 bits per heavy atom. The van der Waals surface area contributed by atoms with Crippen molar-refractivity contribution < 1.29 is 4.39 Å². The van der Waals surface area contributed by atoms with Crippen molar-refractivity contribution in [1.29, 1.82) is 0 Å². The Kier molecular flexibility index (Phi) is 8.97. The van der Waals surface area contributed by atoms with E-state index in [1.807, 2.05) is 25.1 Å². The number of benzene rings is 4. The Morgan fingerprint density at radius 3 is 1.41 bits per heavy atom. The molecule has 0 bridgehead atoms. The van der Waals surface area contributed by atoms with Gasteiger partial charge in [-0.2, -0.15) is 0 Å². The standard InChI is InChI=1S/C26H19FS2.C3H6/c1-19(20-5-3-2-4-6-20)21-7-11-23(12-8-21)28-25-15-17-26(18-16-25)29-24-13-9-22(27)10-14-24;1-3-2/h2-18H,1H2;3H,1H2,2H3. The summed E-state index contributed by atoms with van der Waals surface area (Å²) in [5, 5.41) is 0.